The third-order valence-corrected chi connectivity index (χ3v) is 22.7. The van der Waals surface area contributed by atoms with Crippen LogP contribution in [0.3, 0.4) is 0 Å². The first-order valence-electron chi connectivity index (χ1n) is 14.1. The van der Waals surface area contributed by atoms with Gasteiger partial charge < -0.3 is 0 Å². The van der Waals surface area contributed by atoms with Crippen molar-refractivity contribution in [2.75, 3.05) is 0 Å². The van der Waals surface area contributed by atoms with E-state index in [1.807, 2.05) is 0 Å². The van der Waals surface area contributed by atoms with Crippen molar-refractivity contribution < 1.29 is 17.9 Å². The molecule has 1 unspecified atom stereocenters. The van der Waals surface area contributed by atoms with E-state index in [1.165, 1.54) is 63.7 Å². The Morgan fingerprint density at radius 3 is 2.12 bits per heavy atom. The first kappa shape index (κ1) is 26.4. The van der Waals surface area contributed by atoms with Crippen LogP contribution in [-0.4, -0.2) is 9.52 Å². The molecule has 0 nitrogen and oxygen atoms in total. The van der Waals surface area contributed by atoms with Crippen LogP contribution in [0, 0.1) is 0 Å². The zero-order valence-electron chi connectivity index (χ0n) is 22.5. The van der Waals surface area contributed by atoms with Gasteiger partial charge in [-0.25, -0.2) is 0 Å². The first-order chi connectivity index (χ1) is 19.6. The Morgan fingerprint density at radius 2 is 1.38 bits per heavy atom. The fourth-order valence-corrected chi connectivity index (χ4v) is 23.3. The van der Waals surface area contributed by atoms with Gasteiger partial charge in [0, 0.05) is 0 Å². The normalized spacial score (nSPS) is 16.0. The molecule has 0 radical (unpaired) electrons. The van der Waals surface area contributed by atoms with Crippen molar-refractivity contribution >= 4 is 51.8 Å². The van der Waals surface area contributed by atoms with Crippen LogP contribution in [-0.2, 0) is 24.3 Å². The number of hydrogen-bond acceptors (Lipinski definition) is 0. The van der Waals surface area contributed by atoms with Gasteiger partial charge in [0.2, 0.25) is 0 Å². The number of fused-ring (bicyclic) bond motifs is 4. The Hall–Kier alpha value is -2.48. The zero-order valence-corrected chi connectivity index (χ0v) is 27.9. The van der Waals surface area contributed by atoms with E-state index in [-0.39, 0.29) is 3.63 Å². The van der Waals surface area contributed by atoms with E-state index in [9.17, 15) is 0 Å². The molecule has 1 aliphatic heterocycles. The summed E-state index contributed by atoms with van der Waals surface area (Å²) in [6.45, 7) is 2.26. The van der Waals surface area contributed by atoms with E-state index < -0.39 is 27.4 Å². The summed E-state index contributed by atoms with van der Waals surface area (Å²) in [6.07, 6.45) is 4.57. The number of hydrogen-bond donors (Lipinski definition) is 0. The van der Waals surface area contributed by atoms with Crippen LogP contribution in [0.25, 0.3) is 33.9 Å². The van der Waals surface area contributed by atoms with Crippen molar-refractivity contribution in [3.63, 3.8) is 0 Å². The second-order valence-electron chi connectivity index (χ2n) is 10.9. The van der Waals surface area contributed by atoms with Gasteiger partial charge in [-0.2, -0.15) is 0 Å². The molecular formula is C36H30Cl2SiZr. The molecule has 0 amide bonds. The number of halogens is 2. The first-order valence-corrected chi connectivity index (χ1v) is 24.5. The van der Waals surface area contributed by atoms with Gasteiger partial charge in [0.05, 0.1) is 0 Å². The number of rotatable bonds is 6. The van der Waals surface area contributed by atoms with Crippen molar-refractivity contribution in [3.8, 4) is 22.3 Å². The maximum atomic E-state index is 7.92. The number of benzene rings is 5. The third kappa shape index (κ3) is 4.36. The van der Waals surface area contributed by atoms with Crippen LogP contribution < -0.4 is 13.6 Å². The summed E-state index contributed by atoms with van der Waals surface area (Å²) in [6, 6.07) is 41.9. The SMILES string of the molecule is CCCc1ccc2c(c1-c1ccccc1)C=C(c1ccccc1)[CH]2[Zr]([Cl])([Cl])[c]1cccc2c1[SiH2]c1ccccc1-2. The van der Waals surface area contributed by atoms with Crippen molar-refractivity contribution in [2.45, 2.75) is 23.4 Å². The van der Waals surface area contributed by atoms with Gasteiger partial charge in [-0.3, -0.25) is 0 Å². The average molecular weight is 653 g/mol. The molecule has 1 heterocycles. The Kier molecular flexibility index (Phi) is 7.09. The molecule has 5 aromatic carbocycles. The van der Waals surface area contributed by atoms with Crippen LogP contribution in [0.5, 0.6) is 0 Å². The molecule has 0 saturated carbocycles. The van der Waals surface area contributed by atoms with Gasteiger partial charge in [-0.1, -0.05) is 0 Å². The summed E-state index contributed by atoms with van der Waals surface area (Å²) in [5, 5.41) is 2.97. The number of aryl methyl sites for hydroxylation is 1. The Morgan fingerprint density at radius 1 is 0.700 bits per heavy atom. The summed E-state index contributed by atoms with van der Waals surface area (Å²) >= 11 is -4.09. The number of allylic oxidation sites excluding steroid dienone is 1. The average Bonchev–Trinajstić information content (AvgIpc) is 3.57. The van der Waals surface area contributed by atoms with Crippen LogP contribution in [0.2, 0.25) is 0 Å². The molecule has 0 N–H and O–H groups in total. The van der Waals surface area contributed by atoms with Gasteiger partial charge in [0.1, 0.15) is 0 Å². The maximum absolute atomic E-state index is 7.92. The third-order valence-electron chi connectivity index (χ3n) is 8.55. The summed E-state index contributed by atoms with van der Waals surface area (Å²) in [7, 11) is 15.2. The molecule has 0 saturated heterocycles. The fourth-order valence-electron chi connectivity index (χ4n) is 6.81. The van der Waals surface area contributed by atoms with E-state index in [0.29, 0.717) is 0 Å². The standard InChI is InChI=1S/C24H21.C12H9Si.2ClH.Zr/c1-2-9-19-14-15-21-16-22(18-10-5-3-6-11-18)17-23(21)24(19)20-12-7-4-8-13-20;1-3-7-11-9(5-1)10-6-2-4-8-12(10)13-11;;;/h3-8,10-17H,2,9H2,1H3;1-7H,13H2;2*1H;/q;;;;+2/p-2. The molecule has 7 rings (SSSR count). The molecule has 1 atom stereocenters. The van der Waals surface area contributed by atoms with Gasteiger partial charge in [-0.15, -0.1) is 0 Å². The molecule has 1 aliphatic carbocycles. The minimum atomic E-state index is -4.09. The summed E-state index contributed by atoms with van der Waals surface area (Å²) in [5.74, 6) is 0. The molecule has 5 aromatic rings. The summed E-state index contributed by atoms with van der Waals surface area (Å²) < 4.78 is 1.29. The Bertz CT molecular complexity index is 1760. The predicted molar refractivity (Wildman–Crippen MR) is 174 cm³/mol. The summed E-state index contributed by atoms with van der Waals surface area (Å²) in [4.78, 5) is 0. The van der Waals surface area contributed by atoms with Crippen LogP contribution in [0.4, 0.5) is 0 Å². The summed E-state index contributed by atoms with van der Waals surface area (Å²) in [5.41, 5.74) is 11.8. The van der Waals surface area contributed by atoms with Crippen LogP contribution in [0.1, 0.15) is 39.2 Å². The van der Waals surface area contributed by atoms with Crippen molar-refractivity contribution in [1.82, 2.24) is 0 Å². The topological polar surface area (TPSA) is 0 Å². The molecule has 0 bridgehead atoms. The van der Waals surface area contributed by atoms with Crippen molar-refractivity contribution in [2.24, 2.45) is 0 Å². The molecule has 2 aliphatic rings. The van der Waals surface area contributed by atoms with E-state index in [0.717, 1.165) is 12.8 Å². The molecule has 196 valence electrons. The Labute approximate surface area is 251 Å². The van der Waals surface area contributed by atoms with Crippen molar-refractivity contribution in [3.05, 3.63) is 138 Å². The minimum absolute atomic E-state index is 0.0115. The van der Waals surface area contributed by atoms with Crippen molar-refractivity contribution in [1.29, 1.82) is 0 Å². The second kappa shape index (κ2) is 10.7. The van der Waals surface area contributed by atoms with E-state index in [4.69, 9.17) is 17.0 Å². The van der Waals surface area contributed by atoms with Crippen LogP contribution in [0.15, 0.2) is 115 Å². The molecule has 40 heavy (non-hydrogen) atoms. The monoisotopic (exact) mass is 650 g/mol. The van der Waals surface area contributed by atoms with Gasteiger partial charge in [-0.05, 0) is 0 Å². The second-order valence-corrected chi connectivity index (χ2v) is 26.7. The zero-order chi connectivity index (χ0) is 27.3. The van der Waals surface area contributed by atoms with E-state index >= 15 is 0 Å². The quantitative estimate of drug-likeness (QED) is 0.161. The van der Waals surface area contributed by atoms with Crippen LogP contribution >= 0.6 is 17.0 Å². The van der Waals surface area contributed by atoms with Gasteiger partial charge >= 0.3 is 253 Å². The van der Waals surface area contributed by atoms with Gasteiger partial charge in [0.15, 0.2) is 0 Å². The molecule has 0 fully saturated rings. The van der Waals surface area contributed by atoms with E-state index in [1.54, 1.807) is 0 Å². The molecule has 4 heteroatoms. The molecular weight excluding hydrogens is 623 g/mol. The van der Waals surface area contributed by atoms with E-state index in [2.05, 4.69) is 128 Å². The Balaban J connectivity index is 1.46. The van der Waals surface area contributed by atoms with Gasteiger partial charge in [0.25, 0.3) is 0 Å². The molecule has 0 spiro atoms. The predicted octanol–water partition coefficient (Wildman–Crippen LogP) is 7.79. The molecule has 0 aromatic heterocycles. The fraction of sp³-hybridized carbons (Fsp3) is 0.111.